The molecule has 0 saturated carbocycles. The molecule has 0 aromatic heterocycles. The topological polar surface area (TPSA) is 75.6 Å². The van der Waals surface area contributed by atoms with Crippen LogP contribution < -0.4 is 5.32 Å². The van der Waals surface area contributed by atoms with Gasteiger partial charge in [0, 0.05) is 12.0 Å². The summed E-state index contributed by atoms with van der Waals surface area (Å²) >= 11 is 5.48. The summed E-state index contributed by atoms with van der Waals surface area (Å²) in [5.41, 5.74) is 2.77. The van der Waals surface area contributed by atoms with E-state index in [1.165, 1.54) is 5.54 Å². The first-order valence-electron chi connectivity index (χ1n) is 5.98. The number of aliphatic carboxylic acids is 1. The Morgan fingerprint density at radius 2 is 2.05 bits per heavy atom. The first kappa shape index (κ1) is 16.0. The summed E-state index contributed by atoms with van der Waals surface area (Å²) in [6.07, 6.45) is -0.650. The number of carbonyl (C=O) groups excluding carboxylic acids is 1. The molecule has 1 aromatic rings. The number of halogens is 1. The van der Waals surface area contributed by atoms with Gasteiger partial charge >= 0.3 is 12.1 Å². The third-order valence-electron chi connectivity index (χ3n) is 2.52. The second-order valence-electron chi connectivity index (χ2n) is 4.26. The maximum absolute atomic E-state index is 11.6. The molecule has 1 unspecified atom stereocenters. The lowest BCUT2D eigenvalue weighted by atomic mass is 10.1. The Labute approximate surface area is 122 Å². The van der Waals surface area contributed by atoms with Crippen LogP contribution in [0.25, 0.3) is 0 Å². The molecule has 2 N–H and O–H groups in total. The van der Waals surface area contributed by atoms with E-state index < -0.39 is 18.1 Å². The van der Waals surface area contributed by atoms with Gasteiger partial charge in [-0.3, -0.25) is 0 Å². The number of rotatable bonds is 6. The molecule has 1 atom stereocenters. The maximum atomic E-state index is 11.6. The van der Waals surface area contributed by atoms with Crippen molar-refractivity contribution in [2.24, 2.45) is 0 Å². The van der Waals surface area contributed by atoms with Crippen molar-refractivity contribution in [3.05, 3.63) is 47.0 Å². The molecule has 0 bridgehead atoms. The van der Waals surface area contributed by atoms with Crippen molar-refractivity contribution in [3.8, 4) is 0 Å². The number of carboxylic acid groups (broad SMARTS) is 1. The van der Waals surface area contributed by atoms with Crippen molar-refractivity contribution >= 4 is 23.7 Å². The third-order valence-corrected chi connectivity index (χ3v) is 2.89. The number of ether oxygens (including phenoxy) is 1. The zero-order valence-electron chi connectivity index (χ0n) is 11.0. The van der Waals surface area contributed by atoms with Gasteiger partial charge in [-0.1, -0.05) is 47.5 Å². The van der Waals surface area contributed by atoms with Crippen LogP contribution in [0.1, 0.15) is 18.9 Å². The molecule has 20 heavy (non-hydrogen) atoms. The normalized spacial score (nSPS) is 12.6. The van der Waals surface area contributed by atoms with Gasteiger partial charge < -0.3 is 15.2 Å². The second kappa shape index (κ2) is 8.22. The molecule has 0 aliphatic heterocycles. The molecule has 0 spiro atoms. The highest BCUT2D eigenvalue weighted by Crippen LogP contribution is 2.07. The lowest BCUT2D eigenvalue weighted by molar-refractivity contribution is -0.139. The lowest BCUT2D eigenvalue weighted by Gasteiger charge is -2.14. The largest absolute Gasteiger partial charge is 0.480 e. The van der Waals surface area contributed by atoms with Gasteiger partial charge in [0.2, 0.25) is 0 Å². The van der Waals surface area contributed by atoms with E-state index in [0.717, 1.165) is 5.56 Å². The number of alkyl carbamates (subject to hydrolysis) is 1. The summed E-state index contributed by atoms with van der Waals surface area (Å²) in [6.45, 7) is 1.77. The van der Waals surface area contributed by atoms with Crippen LogP contribution in [0.2, 0.25) is 0 Å². The van der Waals surface area contributed by atoms with E-state index in [9.17, 15) is 9.59 Å². The molecular formula is C14H16ClNO4. The number of amides is 1. The Balaban J connectivity index is 2.48. The van der Waals surface area contributed by atoms with E-state index >= 15 is 0 Å². The summed E-state index contributed by atoms with van der Waals surface area (Å²) in [5.74, 6) is -1.14. The first-order chi connectivity index (χ1) is 9.52. The molecule has 5 nitrogen and oxygen atoms in total. The fourth-order valence-corrected chi connectivity index (χ4v) is 1.56. The van der Waals surface area contributed by atoms with Crippen molar-refractivity contribution in [1.82, 2.24) is 5.32 Å². The summed E-state index contributed by atoms with van der Waals surface area (Å²) in [5, 5.41) is 11.3. The summed E-state index contributed by atoms with van der Waals surface area (Å²) < 4.78 is 4.96. The van der Waals surface area contributed by atoms with Gasteiger partial charge in [-0.25, -0.2) is 9.59 Å². The molecule has 0 fully saturated rings. The van der Waals surface area contributed by atoms with Gasteiger partial charge in [-0.2, -0.15) is 0 Å². The minimum absolute atomic E-state index is 0.0866. The van der Waals surface area contributed by atoms with Crippen molar-refractivity contribution < 1.29 is 19.4 Å². The number of carbonyl (C=O) groups is 2. The van der Waals surface area contributed by atoms with Crippen LogP contribution in [0.15, 0.2) is 41.4 Å². The van der Waals surface area contributed by atoms with Crippen LogP contribution >= 0.6 is 11.6 Å². The van der Waals surface area contributed by atoms with Gasteiger partial charge in [0.05, 0.1) is 0 Å². The molecule has 1 amide bonds. The summed E-state index contributed by atoms with van der Waals surface area (Å²) in [6, 6.07) is 8.06. The Kier molecular flexibility index (Phi) is 6.59. The molecule has 108 valence electrons. The molecule has 0 aliphatic carbocycles. The standard InChI is InChI=1S/C14H16ClNO4/c1-10(8-15)7-12(13(17)18)16-14(19)20-9-11-5-3-2-4-6-11/h2-6,8,12H,7,9H2,1H3,(H,16,19)(H,17,18)/b10-8+. The van der Waals surface area contributed by atoms with Crippen molar-refractivity contribution in [1.29, 1.82) is 0 Å². The average molecular weight is 298 g/mol. The smallest absolute Gasteiger partial charge is 0.408 e. The van der Waals surface area contributed by atoms with Crippen molar-refractivity contribution in [2.75, 3.05) is 0 Å². The molecule has 1 rings (SSSR count). The Bertz CT molecular complexity index is 487. The SMILES string of the molecule is C/C(=C\Cl)CC(NC(=O)OCc1ccccc1)C(=O)O. The molecule has 0 saturated heterocycles. The maximum Gasteiger partial charge on any atom is 0.408 e. The fourth-order valence-electron chi connectivity index (χ4n) is 1.47. The monoisotopic (exact) mass is 297 g/mol. The molecule has 0 aliphatic rings. The van der Waals surface area contributed by atoms with E-state index in [4.69, 9.17) is 21.4 Å². The first-order valence-corrected chi connectivity index (χ1v) is 6.42. The van der Waals surface area contributed by atoms with Crippen LogP contribution in [0.3, 0.4) is 0 Å². The van der Waals surface area contributed by atoms with Crippen LogP contribution in [0, 0.1) is 0 Å². The predicted molar refractivity (Wildman–Crippen MR) is 75.4 cm³/mol. The van der Waals surface area contributed by atoms with Gasteiger partial charge in [-0.15, -0.1) is 0 Å². The molecule has 0 heterocycles. The predicted octanol–water partition coefficient (Wildman–Crippen LogP) is 2.90. The zero-order valence-corrected chi connectivity index (χ0v) is 11.8. The van der Waals surface area contributed by atoms with Crippen LogP contribution in [0.5, 0.6) is 0 Å². The molecule has 0 radical (unpaired) electrons. The Morgan fingerprint density at radius 3 is 2.60 bits per heavy atom. The van der Waals surface area contributed by atoms with Crippen LogP contribution in [-0.2, 0) is 16.1 Å². The highest BCUT2D eigenvalue weighted by atomic mass is 35.5. The van der Waals surface area contributed by atoms with Crippen molar-refractivity contribution in [2.45, 2.75) is 26.0 Å². The number of nitrogens with one attached hydrogen (secondary N) is 1. The Morgan fingerprint density at radius 1 is 1.40 bits per heavy atom. The minimum Gasteiger partial charge on any atom is -0.480 e. The van der Waals surface area contributed by atoms with Crippen molar-refractivity contribution in [3.63, 3.8) is 0 Å². The zero-order chi connectivity index (χ0) is 15.0. The molecular weight excluding hydrogens is 282 g/mol. The highest BCUT2D eigenvalue weighted by Gasteiger charge is 2.20. The minimum atomic E-state index is -1.14. The second-order valence-corrected chi connectivity index (χ2v) is 4.47. The van der Waals surface area contributed by atoms with E-state index in [-0.39, 0.29) is 13.0 Å². The highest BCUT2D eigenvalue weighted by molar-refractivity contribution is 6.25. The average Bonchev–Trinajstić information content (AvgIpc) is 2.45. The molecule has 6 heteroatoms. The summed E-state index contributed by atoms with van der Waals surface area (Å²) in [4.78, 5) is 22.6. The van der Waals surface area contributed by atoms with Gasteiger partial charge in [0.25, 0.3) is 0 Å². The number of hydrogen-bond acceptors (Lipinski definition) is 3. The van der Waals surface area contributed by atoms with E-state index in [1.54, 1.807) is 6.92 Å². The fraction of sp³-hybridized carbons (Fsp3) is 0.286. The lowest BCUT2D eigenvalue weighted by Crippen LogP contribution is -2.41. The van der Waals surface area contributed by atoms with Gasteiger partial charge in [0.15, 0.2) is 0 Å². The molecule has 1 aromatic carbocycles. The van der Waals surface area contributed by atoms with E-state index in [2.05, 4.69) is 5.32 Å². The van der Waals surface area contributed by atoms with Crippen LogP contribution in [-0.4, -0.2) is 23.2 Å². The number of carboxylic acids is 1. The van der Waals surface area contributed by atoms with E-state index in [1.807, 2.05) is 30.3 Å². The van der Waals surface area contributed by atoms with Gasteiger partial charge in [-0.05, 0) is 12.5 Å². The van der Waals surface area contributed by atoms with E-state index in [0.29, 0.717) is 5.57 Å². The Hall–Kier alpha value is -2.01. The number of benzene rings is 1. The third kappa shape index (κ3) is 5.75. The number of hydrogen-bond donors (Lipinski definition) is 2. The quantitative estimate of drug-likeness (QED) is 0.846. The van der Waals surface area contributed by atoms with Gasteiger partial charge in [0.1, 0.15) is 12.6 Å². The van der Waals surface area contributed by atoms with Crippen LogP contribution in [0.4, 0.5) is 4.79 Å². The summed E-state index contributed by atoms with van der Waals surface area (Å²) in [7, 11) is 0.